The largest absolute Gasteiger partial charge is 0.379 e. The zero-order chi connectivity index (χ0) is 40.9. The Labute approximate surface area is 340 Å². The summed E-state index contributed by atoms with van der Waals surface area (Å²) in [5.41, 5.74) is 1.16. The third-order valence-electron chi connectivity index (χ3n) is 12.7. The minimum atomic E-state index is -0.526. The smallest absolute Gasteiger partial charge is 0.226 e. The lowest BCUT2D eigenvalue weighted by Gasteiger charge is -2.43. The molecule has 1 aromatic heterocycles. The van der Waals surface area contributed by atoms with Crippen molar-refractivity contribution in [3.63, 3.8) is 0 Å². The van der Waals surface area contributed by atoms with Crippen molar-refractivity contribution in [1.29, 1.82) is 0 Å². The van der Waals surface area contributed by atoms with E-state index in [9.17, 15) is 19.2 Å². The third kappa shape index (κ3) is 11.8. The van der Waals surface area contributed by atoms with Crippen LogP contribution < -0.4 is 5.32 Å². The fraction of sp³-hybridized carbons (Fsp3) is 0.711. The minimum absolute atomic E-state index is 0.0376. The number of nitrogens with one attached hydrogen (secondary N) is 1. The number of hydrogen-bond donors (Lipinski definition) is 1. The number of benzene rings is 1. The summed E-state index contributed by atoms with van der Waals surface area (Å²) in [4.78, 5) is 64.8. The fourth-order valence-corrected chi connectivity index (χ4v) is 10.3. The molecule has 2 aromatic rings. The molecule has 0 bridgehead atoms. The highest BCUT2D eigenvalue weighted by Gasteiger charge is 2.44. The molecule has 10 nitrogen and oxygen atoms in total. The van der Waals surface area contributed by atoms with E-state index in [4.69, 9.17) is 9.47 Å². The first-order valence-corrected chi connectivity index (χ1v) is 22.0. The summed E-state index contributed by atoms with van der Waals surface area (Å²) in [6, 6.07) is 9.33. The maximum atomic E-state index is 14.5. The number of rotatable bonds is 22. The van der Waals surface area contributed by atoms with Crippen LogP contribution in [-0.4, -0.2) is 103 Å². The van der Waals surface area contributed by atoms with E-state index in [2.05, 4.69) is 22.4 Å². The van der Waals surface area contributed by atoms with E-state index in [0.717, 1.165) is 61.9 Å². The first-order chi connectivity index (χ1) is 26.8. The summed E-state index contributed by atoms with van der Waals surface area (Å²) in [6.45, 7) is 10.6. The molecule has 1 unspecified atom stereocenters. The van der Waals surface area contributed by atoms with Gasteiger partial charge < -0.3 is 24.6 Å². The SMILES string of the molecule is CN[C@H](C(=O)C[C@H](C(=O)N(C)[C@@H](C1CCCCC1)[C@@H](CC(=O)N1CCC[C@H]1[C@H](OC)[C@@H](C)C(=O)CC(Cc1ccccc1)c1nccs1)OC)C(C)C)C(C)C. The lowest BCUT2D eigenvalue weighted by Crippen LogP contribution is -2.55. The number of carbonyl (C=O) groups is 4. The number of methoxy groups -OCH3 is 2. The molecule has 11 heteroatoms. The number of likely N-dealkylation sites (N-methyl/N-ethyl adjacent to an activating group) is 2. The number of hydrogen-bond acceptors (Lipinski definition) is 9. The first kappa shape index (κ1) is 45.7. The van der Waals surface area contributed by atoms with Crippen LogP contribution in [0, 0.1) is 29.6 Å². The highest BCUT2D eigenvalue weighted by molar-refractivity contribution is 7.09. The average Bonchev–Trinajstić information content (AvgIpc) is 3.91. The first-order valence-electron chi connectivity index (χ1n) is 21.1. The number of ether oxygens (including phenoxy) is 2. The predicted octanol–water partition coefficient (Wildman–Crippen LogP) is 7.36. The fourth-order valence-electron chi connectivity index (χ4n) is 9.54. The van der Waals surface area contributed by atoms with Gasteiger partial charge in [-0.15, -0.1) is 11.3 Å². The Hall–Kier alpha value is -2.99. The zero-order valence-corrected chi connectivity index (χ0v) is 36.4. The maximum Gasteiger partial charge on any atom is 0.226 e. The van der Waals surface area contributed by atoms with Crippen molar-refractivity contribution in [3.05, 3.63) is 52.5 Å². The van der Waals surface area contributed by atoms with Crippen LogP contribution >= 0.6 is 11.3 Å². The Balaban J connectivity index is 1.51. The van der Waals surface area contributed by atoms with Crippen LogP contribution in [0.4, 0.5) is 0 Å². The van der Waals surface area contributed by atoms with E-state index in [1.165, 1.54) is 0 Å². The van der Waals surface area contributed by atoms with E-state index in [0.29, 0.717) is 13.0 Å². The summed E-state index contributed by atoms with van der Waals surface area (Å²) in [5, 5.41) is 6.06. The number of amides is 2. The lowest BCUT2D eigenvalue weighted by molar-refractivity contribution is -0.149. The normalized spacial score (nSPS) is 20.3. The van der Waals surface area contributed by atoms with Crippen molar-refractivity contribution in [2.75, 3.05) is 34.9 Å². The van der Waals surface area contributed by atoms with E-state index in [1.54, 1.807) is 38.8 Å². The molecular weight excluding hydrogens is 725 g/mol. The molecule has 56 heavy (non-hydrogen) atoms. The second kappa shape index (κ2) is 22.2. The van der Waals surface area contributed by atoms with Crippen LogP contribution in [0.2, 0.25) is 0 Å². The van der Waals surface area contributed by atoms with E-state index in [-0.39, 0.29) is 78.0 Å². The molecule has 2 amide bonds. The Morgan fingerprint density at radius 1 is 0.893 bits per heavy atom. The number of nitrogens with zero attached hydrogens (tertiary/aromatic N) is 3. The molecule has 1 N–H and O–H groups in total. The van der Waals surface area contributed by atoms with E-state index >= 15 is 0 Å². The number of Topliss-reactive ketones (excluding diaryl/α,β-unsaturated/α-hetero) is 2. The van der Waals surface area contributed by atoms with Crippen LogP contribution in [0.15, 0.2) is 41.9 Å². The van der Waals surface area contributed by atoms with Gasteiger partial charge in [-0.05, 0) is 62.5 Å². The Morgan fingerprint density at radius 2 is 1.59 bits per heavy atom. The van der Waals surface area contributed by atoms with Gasteiger partial charge in [-0.1, -0.05) is 84.2 Å². The van der Waals surface area contributed by atoms with Crippen molar-refractivity contribution in [1.82, 2.24) is 20.1 Å². The third-order valence-corrected chi connectivity index (χ3v) is 13.6. The van der Waals surface area contributed by atoms with Crippen LogP contribution in [0.3, 0.4) is 0 Å². The number of likely N-dealkylation sites (tertiary alicyclic amines) is 1. The molecule has 1 saturated heterocycles. The predicted molar refractivity (Wildman–Crippen MR) is 224 cm³/mol. The van der Waals surface area contributed by atoms with Gasteiger partial charge in [0.25, 0.3) is 0 Å². The lowest BCUT2D eigenvalue weighted by atomic mass is 9.79. The van der Waals surface area contributed by atoms with E-state index in [1.807, 2.05) is 75.0 Å². The monoisotopic (exact) mass is 795 g/mol. The van der Waals surface area contributed by atoms with Crippen molar-refractivity contribution in [2.24, 2.45) is 29.6 Å². The molecule has 2 heterocycles. The second-order valence-electron chi connectivity index (χ2n) is 17.1. The van der Waals surface area contributed by atoms with Gasteiger partial charge in [0, 0.05) is 70.0 Å². The van der Waals surface area contributed by atoms with Crippen molar-refractivity contribution in [2.45, 2.75) is 141 Å². The standard InChI is InChI=1S/C45H70N4O6S/c1-29(2)35(27-38(51)41(46-6)30(3)4)45(53)48(7)42(33-19-14-11-15-20-33)39(54-8)28-40(52)49-23-16-21-36(49)43(55-9)31(5)37(50)26-34(44-47-22-24-56-44)25-32-17-12-10-13-18-32/h10,12-13,17-18,22,24,29-31,33-36,39,41-43,46H,11,14-16,19-21,23,25-28H2,1-9H3/t31-,34?,35-,36-,39+,41-,42-,43+/m0/s1. The van der Waals surface area contributed by atoms with Gasteiger partial charge in [0.1, 0.15) is 5.78 Å². The van der Waals surface area contributed by atoms with Crippen LogP contribution in [0.1, 0.15) is 115 Å². The number of aromatic nitrogens is 1. The highest BCUT2D eigenvalue weighted by atomic mass is 32.1. The zero-order valence-electron chi connectivity index (χ0n) is 35.6. The molecule has 1 aliphatic heterocycles. The molecule has 312 valence electrons. The number of carbonyl (C=O) groups excluding carboxylic acids is 4. The van der Waals surface area contributed by atoms with Crippen LogP contribution in [-0.2, 0) is 35.1 Å². The van der Waals surface area contributed by atoms with Gasteiger partial charge in [-0.2, -0.15) is 0 Å². The summed E-state index contributed by atoms with van der Waals surface area (Å²) < 4.78 is 12.3. The van der Waals surface area contributed by atoms with Gasteiger partial charge in [-0.25, -0.2) is 4.98 Å². The van der Waals surface area contributed by atoms with Crippen molar-refractivity contribution >= 4 is 34.7 Å². The molecule has 1 aromatic carbocycles. The summed E-state index contributed by atoms with van der Waals surface area (Å²) in [5.74, 6) is -0.652. The second-order valence-corrected chi connectivity index (χ2v) is 18.0. The summed E-state index contributed by atoms with van der Waals surface area (Å²) in [6.07, 6.45) is 8.95. The quantitative estimate of drug-likeness (QED) is 0.132. The van der Waals surface area contributed by atoms with Gasteiger partial charge >= 0.3 is 0 Å². The van der Waals surface area contributed by atoms with Gasteiger partial charge in [0.2, 0.25) is 11.8 Å². The molecular formula is C45H70N4O6S. The molecule has 2 aliphatic rings. The molecule has 4 rings (SSSR count). The summed E-state index contributed by atoms with van der Waals surface area (Å²) >= 11 is 1.58. The number of ketones is 2. The minimum Gasteiger partial charge on any atom is -0.379 e. The molecule has 8 atom stereocenters. The Kier molecular flexibility index (Phi) is 18.2. The Bertz CT molecular complexity index is 1510. The maximum absolute atomic E-state index is 14.5. The van der Waals surface area contributed by atoms with E-state index < -0.39 is 24.0 Å². The van der Waals surface area contributed by atoms with Gasteiger partial charge in [0.05, 0.1) is 41.8 Å². The average molecular weight is 795 g/mol. The van der Waals surface area contributed by atoms with Crippen molar-refractivity contribution in [3.8, 4) is 0 Å². The molecule has 2 fully saturated rings. The topological polar surface area (TPSA) is 118 Å². The highest BCUT2D eigenvalue weighted by Crippen LogP contribution is 2.36. The van der Waals surface area contributed by atoms with Crippen LogP contribution in [0.25, 0.3) is 0 Å². The van der Waals surface area contributed by atoms with Crippen molar-refractivity contribution < 1.29 is 28.7 Å². The molecule has 0 radical (unpaired) electrons. The molecule has 1 saturated carbocycles. The Morgan fingerprint density at radius 3 is 2.16 bits per heavy atom. The summed E-state index contributed by atoms with van der Waals surface area (Å²) in [7, 11) is 6.93. The molecule has 0 spiro atoms. The number of thiazole rings is 1. The van der Waals surface area contributed by atoms with Crippen LogP contribution in [0.5, 0.6) is 0 Å². The molecule has 1 aliphatic carbocycles. The van der Waals surface area contributed by atoms with Gasteiger partial charge in [0.15, 0.2) is 5.78 Å². The van der Waals surface area contributed by atoms with Gasteiger partial charge in [-0.3, -0.25) is 19.2 Å².